The lowest BCUT2D eigenvalue weighted by molar-refractivity contribution is 0.0987. The number of carbonyl (C=O) groups excluding carboxylic acids is 1. The van der Waals surface area contributed by atoms with E-state index >= 15 is 0 Å². The summed E-state index contributed by atoms with van der Waals surface area (Å²) < 4.78 is 0. The summed E-state index contributed by atoms with van der Waals surface area (Å²) >= 11 is 0. The molecule has 0 saturated heterocycles. The Hall–Kier alpha value is -2.55. The van der Waals surface area contributed by atoms with Crippen molar-refractivity contribution in [3.63, 3.8) is 0 Å². The highest BCUT2D eigenvalue weighted by atomic mass is 16.1. The van der Waals surface area contributed by atoms with E-state index in [2.05, 4.69) is 9.97 Å². The van der Waals surface area contributed by atoms with Crippen LogP contribution >= 0.6 is 0 Å². The van der Waals surface area contributed by atoms with Crippen LogP contribution < -0.4 is 0 Å². The average molecular weight is 276 g/mol. The predicted octanol–water partition coefficient (Wildman–Crippen LogP) is 3.62. The summed E-state index contributed by atoms with van der Waals surface area (Å²) in [6.45, 7) is 2.04. The van der Waals surface area contributed by atoms with Gasteiger partial charge in [-0.1, -0.05) is 31.2 Å². The number of Topliss-reactive ketones (excluding diaryl/α,β-unsaturated/α-hetero) is 1. The maximum absolute atomic E-state index is 12.6. The van der Waals surface area contributed by atoms with Crippen LogP contribution in [0, 0.1) is 0 Å². The third kappa shape index (κ3) is 2.68. The molecule has 0 amide bonds. The third-order valence-corrected chi connectivity index (χ3v) is 3.63. The monoisotopic (exact) mass is 276 g/mol. The first kappa shape index (κ1) is 13.4. The second kappa shape index (κ2) is 5.83. The molecule has 0 saturated carbocycles. The van der Waals surface area contributed by atoms with Gasteiger partial charge in [0.25, 0.3) is 0 Å². The zero-order valence-electron chi connectivity index (χ0n) is 11.9. The van der Waals surface area contributed by atoms with Crippen LogP contribution in [0.1, 0.15) is 28.5 Å². The summed E-state index contributed by atoms with van der Waals surface area (Å²) in [7, 11) is 0. The summed E-state index contributed by atoms with van der Waals surface area (Å²) in [5.41, 5.74) is 3.50. The predicted molar refractivity (Wildman–Crippen MR) is 83.4 cm³/mol. The van der Waals surface area contributed by atoms with Crippen molar-refractivity contribution in [1.82, 2.24) is 9.97 Å². The lowest BCUT2D eigenvalue weighted by atomic mass is 10.00. The van der Waals surface area contributed by atoms with E-state index in [4.69, 9.17) is 0 Å². The number of rotatable bonds is 4. The molecule has 0 atom stereocenters. The number of nitrogens with zero attached hydrogens (tertiary/aromatic N) is 2. The number of hydrogen-bond donors (Lipinski definition) is 0. The minimum Gasteiger partial charge on any atom is -0.292 e. The standard InChI is InChI=1S/C18H16N2O/c1-2-13-6-5-10-20-18(13)17(21)12-14-9-11-19-16-8-4-3-7-15(14)16/h3-11H,2,12H2,1H3. The largest absolute Gasteiger partial charge is 0.292 e. The molecule has 3 rings (SSSR count). The Bertz CT molecular complexity index is 791. The molecular formula is C18H16N2O. The number of carbonyl (C=O) groups is 1. The molecule has 0 spiro atoms. The van der Waals surface area contributed by atoms with Gasteiger partial charge in [0.2, 0.25) is 0 Å². The fourth-order valence-electron chi connectivity index (χ4n) is 2.54. The third-order valence-electron chi connectivity index (χ3n) is 3.63. The number of pyridine rings is 2. The molecule has 0 bridgehead atoms. The number of para-hydroxylation sites is 1. The molecule has 2 aromatic heterocycles. The van der Waals surface area contributed by atoms with Crippen LogP contribution in [0.15, 0.2) is 54.9 Å². The van der Waals surface area contributed by atoms with Gasteiger partial charge >= 0.3 is 0 Å². The molecule has 0 radical (unpaired) electrons. The van der Waals surface area contributed by atoms with Gasteiger partial charge in [-0.15, -0.1) is 0 Å². The van der Waals surface area contributed by atoms with Gasteiger partial charge in [-0.2, -0.15) is 0 Å². The Kier molecular flexibility index (Phi) is 3.73. The maximum Gasteiger partial charge on any atom is 0.185 e. The second-order valence-electron chi connectivity index (χ2n) is 4.95. The van der Waals surface area contributed by atoms with Gasteiger partial charge in [0.15, 0.2) is 5.78 Å². The van der Waals surface area contributed by atoms with Gasteiger partial charge in [0, 0.05) is 24.2 Å². The molecule has 3 nitrogen and oxygen atoms in total. The van der Waals surface area contributed by atoms with Crippen molar-refractivity contribution in [2.45, 2.75) is 19.8 Å². The lowest BCUT2D eigenvalue weighted by Gasteiger charge is -2.07. The van der Waals surface area contributed by atoms with E-state index in [1.54, 1.807) is 12.4 Å². The van der Waals surface area contributed by atoms with Gasteiger partial charge in [-0.25, -0.2) is 0 Å². The SMILES string of the molecule is CCc1cccnc1C(=O)Cc1ccnc2ccccc12. The number of ketones is 1. The number of benzene rings is 1. The van der Waals surface area contributed by atoms with E-state index in [0.717, 1.165) is 28.5 Å². The van der Waals surface area contributed by atoms with E-state index in [-0.39, 0.29) is 5.78 Å². The molecular weight excluding hydrogens is 260 g/mol. The first-order valence-corrected chi connectivity index (χ1v) is 7.09. The summed E-state index contributed by atoms with van der Waals surface area (Å²) in [5, 5.41) is 1.03. The van der Waals surface area contributed by atoms with E-state index in [1.165, 1.54) is 0 Å². The molecule has 3 heteroatoms. The van der Waals surface area contributed by atoms with Crippen LogP contribution in [0.3, 0.4) is 0 Å². The van der Waals surface area contributed by atoms with Crippen LogP contribution in [0.4, 0.5) is 0 Å². The first-order valence-electron chi connectivity index (χ1n) is 7.09. The topological polar surface area (TPSA) is 42.9 Å². The minimum absolute atomic E-state index is 0.0591. The van der Waals surface area contributed by atoms with Crippen LogP contribution in [0.5, 0.6) is 0 Å². The molecule has 0 aliphatic rings. The van der Waals surface area contributed by atoms with Crippen molar-refractivity contribution in [2.24, 2.45) is 0 Å². The summed E-state index contributed by atoms with van der Waals surface area (Å²) in [6, 6.07) is 13.6. The smallest absolute Gasteiger partial charge is 0.185 e. The Labute approximate surface area is 123 Å². The lowest BCUT2D eigenvalue weighted by Crippen LogP contribution is -2.09. The number of aryl methyl sites for hydroxylation is 1. The van der Waals surface area contributed by atoms with Crippen molar-refractivity contribution in [3.05, 3.63) is 71.7 Å². The zero-order valence-corrected chi connectivity index (χ0v) is 11.9. The van der Waals surface area contributed by atoms with Crippen molar-refractivity contribution < 1.29 is 4.79 Å². The van der Waals surface area contributed by atoms with Crippen LogP contribution in [0.2, 0.25) is 0 Å². The number of fused-ring (bicyclic) bond motifs is 1. The average Bonchev–Trinajstić information content (AvgIpc) is 2.55. The Balaban J connectivity index is 1.97. The van der Waals surface area contributed by atoms with Gasteiger partial charge < -0.3 is 0 Å². The molecule has 0 aliphatic heterocycles. The fourth-order valence-corrected chi connectivity index (χ4v) is 2.54. The van der Waals surface area contributed by atoms with Gasteiger partial charge in [0.05, 0.1) is 5.52 Å². The fraction of sp³-hybridized carbons (Fsp3) is 0.167. The van der Waals surface area contributed by atoms with Crippen molar-refractivity contribution in [3.8, 4) is 0 Å². The molecule has 104 valence electrons. The zero-order chi connectivity index (χ0) is 14.7. The molecule has 0 fully saturated rings. The molecule has 21 heavy (non-hydrogen) atoms. The number of hydrogen-bond acceptors (Lipinski definition) is 3. The molecule has 3 aromatic rings. The number of aromatic nitrogens is 2. The van der Waals surface area contributed by atoms with Gasteiger partial charge in [-0.3, -0.25) is 14.8 Å². The van der Waals surface area contributed by atoms with Crippen molar-refractivity contribution >= 4 is 16.7 Å². The highest BCUT2D eigenvalue weighted by molar-refractivity contribution is 5.99. The molecule has 0 N–H and O–H groups in total. The van der Waals surface area contributed by atoms with Crippen LogP contribution in [-0.4, -0.2) is 15.8 Å². The van der Waals surface area contributed by atoms with E-state index in [1.807, 2.05) is 49.4 Å². The van der Waals surface area contributed by atoms with Crippen LogP contribution in [0.25, 0.3) is 10.9 Å². The molecule has 1 aromatic carbocycles. The quantitative estimate of drug-likeness (QED) is 0.683. The molecule has 2 heterocycles. The first-order chi connectivity index (χ1) is 10.3. The molecule has 0 unspecified atom stereocenters. The Morgan fingerprint density at radius 2 is 1.81 bits per heavy atom. The van der Waals surface area contributed by atoms with E-state index in [9.17, 15) is 4.79 Å². The Morgan fingerprint density at radius 3 is 2.67 bits per heavy atom. The molecule has 0 aliphatic carbocycles. The van der Waals surface area contributed by atoms with Gasteiger partial charge in [0.1, 0.15) is 5.69 Å². The van der Waals surface area contributed by atoms with Crippen molar-refractivity contribution in [1.29, 1.82) is 0 Å². The van der Waals surface area contributed by atoms with E-state index < -0.39 is 0 Å². The highest BCUT2D eigenvalue weighted by Gasteiger charge is 2.13. The van der Waals surface area contributed by atoms with Crippen LogP contribution in [-0.2, 0) is 12.8 Å². The normalized spacial score (nSPS) is 10.7. The summed E-state index contributed by atoms with van der Waals surface area (Å²) in [4.78, 5) is 21.1. The van der Waals surface area contributed by atoms with Crippen molar-refractivity contribution in [2.75, 3.05) is 0 Å². The highest BCUT2D eigenvalue weighted by Crippen LogP contribution is 2.18. The minimum atomic E-state index is 0.0591. The Morgan fingerprint density at radius 1 is 0.952 bits per heavy atom. The maximum atomic E-state index is 12.6. The summed E-state index contributed by atoms with van der Waals surface area (Å²) in [6.07, 6.45) is 4.60. The van der Waals surface area contributed by atoms with E-state index in [0.29, 0.717) is 12.1 Å². The second-order valence-corrected chi connectivity index (χ2v) is 4.95. The van der Waals surface area contributed by atoms with Gasteiger partial charge in [-0.05, 0) is 35.7 Å². The summed E-state index contributed by atoms with van der Waals surface area (Å²) in [5.74, 6) is 0.0591.